The Bertz CT molecular complexity index is 854. The summed E-state index contributed by atoms with van der Waals surface area (Å²) in [6, 6.07) is 8.82. The number of hydrogen-bond acceptors (Lipinski definition) is 5. The molecule has 0 aliphatic carbocycles. The molecule has 0 atom stereocenters. The van der Waals surface area contributed by atoms with Crippen LogP contribution in [0.15, 0.2) is 41.3 Å². The molecule has 2 aromatic rings. The smallest absolute Gasteiger partial charge is 0.263 e. The van der Waals surface area contributed by atoms with E-state index >= 15 is 0 Å². The highest BCUT2D eigenvalue weighted by Gasteiger charge is 2.20. The van der Waals surface area contributed by atoms with Gasteiger partial charge in [0, 0.05) is 5.02 Å². The Balaban J connectivity index is 1.90. The van der Waals surface area contributed by atoms with Crippen molar-refractivity contribution in [2.75, 3.05) is 16.6 Å². The van der Waals surface area contributed by atoms with Crippen LogP contribution in [0.2, 0.25) is 5.02 Å². The third-order valence-corrected chi connectivity index (χ3v) is 4.41. The Kier molecular flexibility index (Phi) is 3.63. The number of ether oxygens (including phenoxy) is 1. The van der Waals surface area contributed by atoms with Gasteiger partial charge in [0.25, 0.3) is 15.9 Å². The molecule has 0 spiro atoms. The van der Waals surface area contributed by atoms with Crippen LogP contribution in [0.1, 0.15) is 0 Å². The molecule has 1 aromatic heterocycles. The molecule has 0 bridgehead atoms. The van der Waals surface area contributed by atoms with Crippen LogP contribution in [0.3, 0.4) is 0 Å². The normalized spacial score (nSPS) is 13.8. The highest BCUT2D eigenvalue weighted by molar-refractivity contribution is 7.92. The number of pyridine rings is 1. The molecular formula is C13H10ClN3O4S. The van der Waals surface area contributed by atoms with Gasteiger partial charge in [-0.3, -0.25) is 9.52 Å². The Hall–Kier alpha value is -2.32. The average Bonchev–Trinajstić information content (AvgIpc) is 2.46. The summed E-state index contributed by atoms with van der Waals surface area (Å²) >= 11 is 5.79. The van der Waals surface area contributed by atoms with E-state index in [9.17, 15) is 13.2 Å². The summed E-state index contributed by atoms with van der Waals surface area (Å²) in [5.74, 6) is 0.257. The Morgan fingerprint density at radius 2 is 2.09 bits per heavy atom. The zero-order chi connectivity index (χ0) is 15.7. The van der Waals surface area contributed by atoms with Gasteiger partial charge in [-0.2, -0.15) is 0 Å². The first-order valence-electron chi connectivity index (χ1n) is 6.16. The zero-order valence-corrected chi connectivity index (χ0v) is 12.6. The molecule has 114 valence electrons. The number of carbonyl (C=O) groups is 1. The molecule has 1 aliphatic rings. The van der Waals surface area contributed by atoms with Crippen molar-refractivity contribution < 1.29 is 17.9 Å². The van der Waals surface area contributed by atoms with Crippen molar-refractivity contribution >= 4 is 39.2 Å². The first kappa shape index (κ1) is 14.6. The van der Waals surface area contributed by atoms with Crippen LogP contribution in [-0.4, -0.2) is 25.9 Å². The van der Waals surface area contributed by atoms with Crippen molar-refractivity contribution in [3.05, 3.63) is 41.4 Å². The number of rotatable bonds is 3. The van der Waals surface area contributed by atoms with E-state index in [2.05, 4.69) is 15.0 Å². The Morgan fingerprint density at radius 1 is 1.27 bits per heavy atom. The number of carbonyl (C=O) groups excluding carboxylic acids is 1. The predicted molar refractivity (Wildman–Crippen MR) is 80.6 cm³/mol. The second-order valence-corrected chi connectivity index (χ2v) is 6.56. The number of nitrogens with zero attached hydrogens (tertiary/aromatic N) is 1. The van der Waals surface area contributed by atoms with Gasteiger partial charge < -0.3 is 10.1 Å². The number of sulfonamides is 1. The molecule has 3 rings (SSSR count). The molecule has 1 aromatic carbocycles. The third kappa shape index (κ3) is 2.97. The number of fused-ring (bicyclic) bond motifs is 1. The maximum Gasteiger partial charge on any atom is 0.263 e. The standard InChI is InChI=1S/C13H10ClN3O4S/c14-8-2-1-3-9(6-8)22(19,20)17-11-5-4-10-13(15-11)16-12(18)7-21-10/h1-6H,7H2,(H2,15,16,17,18). The lowest BCUT2D eigenvalue weighted by Gasteiger charge is -2.17. The van der Waals surface area contributed by atoms with E-state index in [-0.39, 0.29) is 29.0 Å². The summed E-state index contributed by atoms with van der Waals surface area (Å²) in [7, 11) is -3.83. The van der Waals surface area contributed by atoms with Gasteiger partial charge in [0.05, 0.1) is 4.90 Å². The molecule has 7 nitrogen and oxygen atoms in total. The molecule has 0 fully saturated rings. The highest BCUT2D eigenvalue weighted by Crippen LogP contribution is 2.28. The van der Waals surface area contributed by atoms with Gasteiger partial charge in [-0.05, 0) is 30.3 Å². The number of amides is 1. The zero-order valence-electron chi connectivity index (χ0n) is 11.0. The summed E-state index contributed by atoms with van der Waals surface area (Å²) in [6.45, 7) is -0.0950. The lowest BCUT2D eigenvalue weighted by atomic mass is 10.3. The summed E-state index contributed by atoms with van der Waals surface area (Å²) in [5.41, 5.74) is 0. The fourth-order valence-electron chi connectivity index (χ4n) is 1.85. The second-order valence-electron chi connectivity index (χ2n) is 4.44. The molecule has 0 saturated heterocycles. The van der Waals surface area contributed by atoms with Gasteiger partial charge in [0.1, 0.15) is 5.82 Å². The quantitative estimate of drug-likeness (QED) is 0.889. The minimum atomic E-state index is -3.83. The monoisotopic (exact) mass is 339 g/mol. The molecule has 1 amide bonds. The van der Waals surface area contributed by atoms with Crippen LogP contribution in [0.25, 0.3) is 0 Å². The van der Waals surface area contributed by atoms with Gasteiger partial charge in [0.2, 0.25) is 0 Å². The van der Waals surface area contributed by atoms with E-state index in [4.69, 9.17) is 16.3 Å². The van der Waals surface area contributed by atoms with Gasteiger partial charge >= 0.3 is 0 Å². The van der Waals surface area contributed by atoms with Gasteiger partial charge in [-0.1, -0.05) is 17.7 Å². The fourth-order valence-corrected chi connectivity index (χ4v) is 3.15. The minimum Gasteiger partial charge on any atom is -0.480 e. The summed E-state index contributed by atoms with van der Waals surface area (Å²) < 4.78 is 32.0. The summed E-state index contributed by atoms with van der Waals surface area (Å²) in [6.07, 6.45) is 0. The van der Waals surface area contributed by atoms with Crippen LogP contribution < -0.4 is 14.8 Å². The van der Waals surface area contributed by atoms with Crippen molar-refractivity contribution in [1.82, 2.24) is 4.98 Å². The minimum absolute atomic E-state index is 0.0137. The van der Waals surface area contributed by atoms with E-state index in [0.29, 0.717) is 10.8 Å². The van der Waals surface area contributed by atoms with Gasteiger partial charge in [0.15, 0.2) is 18.2 Å². The van der Waals surface area contributed by atoms with Crippen molar-refractivity contribution in [3.63, 3.8) is 0 Å². The van der Waals surface area contributed by atoms with Gasteiger partial charge in [-0.15, -0.1) is 0 Å². The molecule has 2 heterocycles. The third-order valence-electron chi connectivity index (χ3n) is 2.82. The predicted octanol–water partition coefficient (Wildman–Crippen LogP) is 1.87. The first-order chi connectivity index (χ1) is 10.4. The number of hydrogen-bond donors (Lipinski definition) is 2. The average molecular weight is 340 g/mol. The van der Waals surface area contributed by atoms with Crippen molar-refractivity contribution in [3.8, 4) is 5.75 Å². The maximum absolute atomic E-state index is 12.3. The molecule has 2 N–H and O–H groups in total. The molecule has 22 heavy (non-hydrogen) atoms. The van der Waals surface area contributed by atoms with Crippen LogP contribution >= 0.6 is 11.6 Å². The number of halogens is 1. The number of benzene rings is 1. The number of aromatic nitrogens is 1. The molecule has 9 heteroatoms. The van der Waals surface area contributed by atoms with E-state index < -0.39 is 10.0 Å². The van der Waals surface area contributed by atoms with E-state index in [1.165, 1.54) is 30.3 Å². The van der Waals surface area contributed by atoms with Crippen LogP contribution in [-0.2, 0) is 14.8 Å². The Labute approximate surface area is 131 Å². The topological polar surface area (TPSA) is 97.4 Å². The molecule has 1 aliphatic heterocycles. The van der Waals surface area contributed by atoms with Crippen molar-refractivity contribution in [1.29, 1.82) is 0 Å². The van der Waals surface area contributed by atoms with Crippen molar-refractivity contribution in [2.45, 2.75) is 4.90 Å². The first-order valence-corrected chi connectivity index (χ1v) is 8.02. The highest BCUT2D eigenvalue weighted by atomic mass is 35.5. The molecule has 0 saturated carbocycles. The lowest BCUT2D eigenvalue weighted by molar-refractivity contribution is -0.118. The second kappa shape index (κ2) is 5.47. The number of nitrogens with one attached hydrogen (secondary N) is 2. The summed E-state index contributed by atoms with van der Waals surface area (Å²) in [5, 5.41) is 2.81. The largest absolute Gasteiger partial charge is 0.480 e. The van der Waals surface area contributed by atoms with Crippen LogP contribution in [0.4, 0.5) is 11.6 Å². The fraction of sp³-hybridized carbons (Fsp3) is 0.0769. The van der Waals surface area contributed by atoms with E-state index in [1.54, 1.807) is 6.07 Å². The SMILES string of the molecule is O=C1COc2ccc(NS(=O)(=O)c3cccc(Cl)c3)nc2N1. The van der Waals surface area contributed by atoms with Crippen LogP contribution in [0.5, 0.6) is 5.75 Å². The summed E-state index contributed by atoms with van der Waals surface area (Å²) in [4.78, 5) is 15.3. The van der Waals surface area contributed by atoms with Crippen LogP contribution in [0, 0.1) is 0 Å². The van der Waals surface area contributed by atoms with E-state index in [1.807, 2.05) is 0 Å². The van der Waals surface area contributed by atoms with Crippen molar-refractivity contribution in [2.24, 2.45) is 0 Å². The number of anilines is 2. The molecule has 0 radical (unpaired) electrons. The van der Waals surface area contributed by atoms with E-state index in [0.717, 1.165) is 0 Å². The molecular weight excluding hydrogens is 330 g/mol. The maximum atomic E-state index is 12.3. The lowest BCUT2D eigenvalue weighted by Crippen LogP contribution is -2.26. The van der Waals surface area contributed by atoms with Gasteiger partial charge in [-0.25, -0.2) is 13.4 Å². The molecule has 0 unspecified atom stereocenters. The Morgan fingerprint density at radius 3 is 2.86 bits per heavy atom.